The molecule has 0 radical (unpaired) electrons. The first-order valence-electron chi connectivity index (χ1n) is 10.9. The van der Waals surface area contributed by atoms with Gasteiger partial charge in [0.05, 0.1) is 30.6 Å². The van der Waals surface area contributed by atoms with E-state index in [1.165, 1.54) is 31.3 Å². The minimum atomic E-state index is -0.862. The molecule has 10 nitrogen and oxygen atoms in total. The number of aromatic nitrogens is 4. The van der Waals surface area contributed by atoms with Gasteiger partial charge in [0.2, 0.25) is 17.7 Å². The van der Waals surface area contributed by atoms with Crippen LogP contribution in [0.4, 0.5) is 8.78 Å². The Morgan fingerprint density at radius 2 is 1.84 bits per heavy atom. The number of hydrogen-bond acceptors (Lipinski definition) is 7. The molecule has 4 rings (SSSR count). The second-order valence-corrected chi connectivity index (χ2v) is 8.40. The Morgan fingerprint density at radius 3 is 2.51 bits per heavy atom. The van der Waals surface area contributed by atoms with E-state index in [0.29, 0.717) is 11.6 Å². The number of aliphatic hydroxyl groups is 1. The lowest BCUT2D eigenvalue weighted by molar-refractivity contribution is 0.0874. The van der Waals surface area contributed by atoms with E-state index in [9.17, 15) is 28.0 Å². The van der Waals surface area contributed by atoms with E-state index in [2.05, 4.69) is 4.98 Å². The smallest absolute Gasteiger partial charge is 0.351 e. The highest BCUT2D eigenvalue weighted by Crippen LogP contribution is 2.22. The largest absolute Gasteiger partial charge is 0.471 e. The molecule has 0 aliphatic heterocycles. The Kier molecular flexibility index (Phi) is 7.32. The molecule has 0 saturated carbocycles. The predicted octanol–water partition coefficient (Wildman–Crippen LogP) is 2.60. The van der Waals surface area contributed by atoms with Crippen molar-refractivity contribution in [3.05, 3.63) is 91.3 Å². The number of rotatable bonds is 7. The van der Waals surface area contributed by atoms with Gasteiger partial charge in [0.1, 0.15) is 23.3 Å². The lowest BCUT2D eigenvalue weighted by Gasteiger charge is -2.11. The number of halogens is 3. The summed E-state index contributed by atoms with van der Waals surface area (Å²) in [6.07, 6.45) is 0.922. The van der Waals surface area contributed by atoms with Gasteiger partial charge >= 0.3 is 11.4 Å². The fourth-order valence-electron chi connectivity index (χ4n) is 3.74. The van der Waals surface area contributed by atoms with Crippen LogP contribution in [0.2, 0.25) is 5.02 Å². The molecule has 2 heterocycles. The molecule has 0 amide bonds. The van der Waals surface area contributed by atoms with Gasteiger partial charge in [0, 0.05) is 24.8 Å². The van der Waals surface area contributed by atoms with Crippen LogP contribution in [0.5, 0.6) is 5.88 Å². The number of nitrogens with zero attached hydrogens (tertiary/aromatic N) is 4. The summed E-state index contributed by atoms with van der Waals surface area (Å²) in [5, 5.41) is 9.07. The standard InChI is InChI=1S/C24H19ClF2N4O6/c1-13(33)30-19-5-2-14(8-20(19)31(24(30)36)21(34)6-7-32)10-29-11-17(25)22(28-23(29)35)37-12-15-3-4-16(26)9-18(15)27/h2-5,8-9,11,32H,6-7,10,12H2,1H3. The molecule has 192 valence electrons. The van der Waals surface area contributed by atoms with Gasteiger partial charge in [0.25, 0.3) is 0 Å². The third-order valence-corrected chi connectivity index (χ3v) is 5.70. The van der Waals surface area contributed by atoms with Crippen LogP contribution in [0.1, 0.15) is 34.1 Å². The van der Waals surface area contributed by atoms with E-state index < -0.39 is 41.4 Å². The topological polar surface area (TPSA) is 125 Å². The first kappa shape index (κ1) is 25.9. The molecule has 0 fully saturated rings. The summed E-state index contributed by atoms with van der Waals surface area (Å²) in [6, 6.07) is 7.44. The van der Waals surface area contributed by atoms with Gasteiger partial charge in [-0.05, 0) is 29.8 Å². The van der Waals surface area contributed by atoms with Gasteiger partial charge in [-0.3, -0.25) is 14.2 Å². The predicted molar refractivity (Wildman–Crippen MR) is 128 cm³/mol. The number of carbonyl (C=O) groups excluding carboxylic acids is 2. The van der Waals surface area contributed by atoms with Crippen LogP contribution < -0.4 is 16.1 Å². The minimum absolute atomic E-state index is 0.0380. The zero-order valence-electron chi connectivity index (χ0n) is 19.3. The van der Waals surface area contributed by atoms with Gasteiger partial charge in [-0.15, -0.1) is 0 Å². The second-order valence-electron chi connectivity index (χ2n) is 7.99. The molecule has 37 heavy (non-hydrogen) atoms. The number of carbonyl (C=O) groups is 2. The third kappa shape index (κ3) is 5.20. The van der Waals surface area contributed by atoms with Crippen molar-refractivity contribution < 1.29 is 28.2 Å². The first-order valence-corrected chi connectivity index (χ1v) is 11.2. The van der Waals surface area contributed by atoms with Crippen molar-refractivity contribution >= 4 is 34.4 Å². The molecule has 0 unspecified atom stereocenters. The highest BCUT2D eigenvalue weighted by Gasteiger charge is 2.21. The Morgan fingerprint density at radius 1 is 1.08 bits per heavy atom. The van der Waals surface area contributed by atoms with Gasteiger partial charge in [-0.25, -0.2) is 27.5 Å². The van der Waals surface area contributed by atoms with Gasteiger partial charge < -0.3 is 9.84 Å². The van der Waals surface area contributed by atoms with Crippen molar-refractivity contribution in [1.29, 1.82) is 0 Å². The second kappa shape index (κ2) is 10.4. The monoisotopic (exact) mass is 532 g/mol. The van der Waals surface area contributed by atoms with Gasteiger partial charge in [-0.2, -0.15) is 4.98 Å². The number of aliphatic hydroxyl groups excluding tert-OH is 1. The van der Waals surface area contributed by atoms with Crippen LogP contribution >= 0.6 is 11.6 Å². The van der Waals surface area contributed by atoms with E-state index >= 15 is 0 Å². The summed E-state index contributed by atoms with van der Waals surface area (Å²) < 4.78 is 35.0. The lowest BCUT2D eigenvalue weighted by Crippen LogP contribution is -2.31. The summed E-state index contributed by atoms with van der Waals surface area (Å²) in [5.41, 5.74) is -0.789. The number of hydrogen-bond donors (Lipinski definition) is 1. The minimum Gasteiger partial charge on any atom is -0.471 e. The van der Waals surface area contributed by atoms with Gasteiger partial charge in [0.15, 0.2) is 0 Å². The van der Waals surface area contributed by atoms with Crippen LogP contribution in [-0.4, -0.2) is 42.2 Å². The SMILES string of the molecule is CC(=O)n1c(=O)n(C(=O)CCO)c2cc(Cn3cc(Cl)c(OCc4ccc(F)cc4F)nc3=O)ccc21. The fraction of sp³-hybridized carbons (Fsp3) is 0.208. The van der Waals surface area contributed by atoms with Gasteiger partial charge in [-0.1, -0.05) is 17.7 Å². The molecule has 0 atom stereocenters. The number of imidazole rings is 1. The Hall–Kier alpha value is -4.16. The van der Waals surface area contributed by atoms with E-state index in [-0.39, 0.29) is 47.1 Å². The van der Waals surface area contributed by atoms with Crippen LogP contribution in [0.25, 0.3) is 11.0 Å². The summed E-state index contributed by atoms with van der Waals surface area (Å²) in [4.78, 5) is 53.6. The molecule has 1 N–H and O–H groups in total. The fourth-order valence-corrected chi connectivity index (χ4v) is 3.96. The maximum atomic E-state index is 13.8. The maximum absolute atomic E-state index is 13.8. The average Bonchev–Trinajstić information content (AvgIpc) is 3.12. The van der Waals surface area contributed by atoms with Crippen molar-refractivity contribution in [2.45, 2.75) is 26.5 Å². The van der Waals surface area contributed by atoms with Crippen molar-refractivity contribution in [3.8, 4) is 5.88 Å². The van der Waals surface area contributed by atoms with Crippen molar-refractivity contribution in [1.82, 2.24) is 18.7 Å². The first-order chi connectivity index (χ1) is 17.6. The summed E-state index contributed by atoms with van der Waals surface area (Å²) >= 11 is 6.20. The molecule has 4 aromatic rings. The molecular formula is C24H19ClF2N4O6. The van der Waals surface area contributed by atoms with Crippen molar-refractivity contribution in [2.75, 3.05) is 6.61 Å². The summed E-state index contributed by atoms with van der Waals surface area (Å²) in [6.45, 7) is 0.282. The molecule has 0 aliphatic carbocycles. The highest BCUT2D eigenvalue weighted by atomic mass is 35.5. The maximum Gasteiger partial charge on any atom is 0.351 e. The molecule has 0 aliphatic rings. The van der Waals surface area contributed by atoms with Crippen LogP contribution in [0.3, 0.4) is 0 Å². The molecule has 13 heteroatoms. The highest BCUT2D eigenvalue weighted by molar-refractivity contribution is 6.31. The zero-order chi connectivity index (χ0) is 26.9. The quantitative estimate of drug-likeness (QED) is 0.388. The molecular weight excluding hydrogens is 514 g/mol. The Bertz CT molecular complexity index is 1660. The molecule has 0 bridgehead atoms. The molecule has 0 saturated heterocycles. The summed E-state index contributed by atoms with van der Waals surface area (Å²) in [7, 11) is 0. The van der Waals surface area contributed by atoms with Crippen LogP contribution in [0.15, 0.2) is 52.2 Å². The van der Waals surface area contributed by atoms with Crippen molar-refractivity contribution in [2.24, 2.45) is 0 Å². The van der Waals surface area contributed by atoms with E-state index in [1.54, 1.807) is 6.07 Å². The lowest BCUT2D eigenvalue weighted by atomic mass is 10.2. The molecule has 2 aromatic carbocycles. The average molecular weight is 533 g/mol. The normalized spacial score (nSPS) is 11.2. The van der Waals surface area contributed by atoms with Crippen molar-refractivity contribution in [3.63, 3.8) is 0 Å². The van der Waals surface area contributed by atoms with E-state index in [4.69, 9.17) is 21.4 Å². The Labute approximate surface area is 211 Å². The van der Waals surface area contributed by atoms with E-state index in [0.717, 1.165) is 19.8 Å². The van der Waals surface area contributed by atoms with Crippen LogP contribution in [0, 0.1) is 11.6 Å². The van der Waals surface area contributed by atoms with E-state index in [1.807, 2.05) is 0 Å². The molecule has 0 spiro atoms. The number of benzene rings is 2. The zero-order valence-corrected chi connectivity index (χ0v) is 20.0. The molecule has 2 aromatic heterocycles. The summed E-state index contributed by atoms with van der Waals surface area (Å²) in [5.74, 6) is -3.11. The Balaban J connectivity index is 1.64. The van der Waals surface area contributed by atoms with Crippen LogP contribution in [-0.2, 0) is 13.2 Å². The third-order valence-electron chi connectivity index (χ3n) is 5.44. The number of fused-ring (bicyclic) bond motifs is 1. The number of ether oxygens (including phenoxy) is 1.